The van der Waals surface area contributed by atoms with Crippen molar-refractivity contribution in [2.45, 2.75) is 39.5 Å². The van der Waals surface area contributed by atoms with E-state index < -0.39 is 0 Å². The first-order valence-electron chi connectivity index (χ1n) is 11.3. The summed E-state index contributed by atoms with van der Waals surface area (Å²) in [4.78, 5) is 19.1. The molecular formula is C26H23ClN4O2S2. The molecule has 1 aliphatic heterocycles. The highest BCUT2D eigenvalue weighted by atomic mass is 35.5. The van der Waals surface area contributed by atoms with Crippen LogP contribution in [0.25, 0.3) is 11.1 Å². The van der Waals surface area contributed by atoms with E-state index in [2.05, 4.69) is 27.0 Å². The molecule has 0 spiro atoms. The smallest absolute Gasteiger partial charge is 0.264 e. The van der Waals surface area contributed by atoms with E-state index in [1.807, 2.05) is 19.9 Å². The number of hydrogen-bond donors (Lipinski definition) is 1. The maximum absolute atomic E-state index is 12.7. The van der Waals surface area contributed by atoms with Crippen molar-refractivity contribution >= 4 is 57.5 Å². The number of benzene rings is 1. The minimum absolute atomic E-state index is 0.205. The minimum atomic E-state index is -0.205. The van der Waals surface area contributed by atoms with Gasteiger partial charge in [-0.05, 0) is 92.8 Å². The average molecular weight is 523 g/mol. The zero-order valence-corrected chi connectivity index (χ0v) is 22.0. The van der Waals surface area contributed by atoms with E-state index in [4.69, 9.17) is 16.3 Å². The molecule has 1 N–H and O–H groups in total. The molecule has 178 valence electrons. The molecule has 9 heteroatoms. The summed E-state index contributed by atoms with van der Waals surface area (Å²) < 4.78 is 7.51. The predicted molar refractivity (Wildman–Crippen MR) is 143 cm³/mol. The van der Waals surface area contributed by atoms with Crippen molar-refractivity contribution in [2.24, 2.45) is 4.99 Å². The second-order valence-corrected chi connectivity index (χ2v) is 11.0. The number of carbonyl (C=O) groups is 1. The number of nitriles is 1. The van der Waals surface area contributed by atoms with Crippen LogP contribution >= 0.6 is 34.7 Å². The van der Waals surface area contributed by atoms with Crippen LogP contribution in [0.2, 0.25) is 5.02 Å². The third-order valence-electron chi connectivity index (χ3n) is 6.24. The van der Waals surface area contributed by atoms with Crippen LogP contribution in [-0.2, 0) is 17.6 Å². The van der Waals surface area contributed by atoms with Crippen molar-refractivity contribution in [1.29, 1.82) is 5.26 Å². The maximum atomic E-state index is 12.7. The van der Waals surface area contributed by atoms with Crippen molar-refractivity contribution in [1.82, 2.24) is 9.88 Å². The van der Waals surface area contributed by atoms with Crippen LogP contribution in [-0.4, -0.2) is 22.8 Å². The number of aliphatic imine (C=N–C) groups is 1. The van der Waals surface area contributed by atoms with Crippen LogP contribution < -0.4 is 10.1 Å². The van der Waals surface area contributed by atoms with E-state index in [-0.39, 0.29) is 5.91 Å². The number of nitrogens with one attached hydrogen (secondary N) is 1. The number of ether oxygens (including phenoxy) is 1. The number of thioether (sulfide) groups is 1. The van der Waals surface area contributed by atoms with E-state index in [9.17, 15) is 10.1 Å². The lowest BCUT2D eigenvalue weighted by atomic mass is 9.96. The lowest BCUT2D eigenvalue weighted by Crippen LogP contribution is -2.19. The highest BCUT2D eigenvalue weighted by Crippen LogP contribution is 2.39. The molecule has 2 aliphatic rings. The number of rotatable bonds is 4. The molecule has 3 aromatic rings. The van der Waals surface area contributed by atoms with E-state index in [0.29, 0.717) is 26.5 Å². The van der Waals surface area contributed by atoms with Gasteiger partial charge in [-0.15, -0.1) is 11.3 Å². The molecule has 1 aliphatic carbocycles. The number of hydrogen-bond acceptors (Lipinski definition) is 6. The molecule has 2 aromatic heterocycles. The van der Waals surface area contributed by atoms with E-state index in [1.165, 1.54) is 28.6 Å². The van der Waals surface area contributed by atoms with E-state index in [0.717, 1.165) is 46.8 Å². The molecule has 0 atom stereocenters. The van der Waals surface area contributed by atoms with Crippen LogP contribution in [0, 0.1) is 25.2 Å². The molecule has 0 radical (unpaired) electrons. The molecule has 1 fully saturated rings. The van der Waals surface area contributed by atoms with Gasteiger partial charge in [-0.2, -0.15) is 5.26 Å². The number of fused-ring (bicyclic) bond motifs is 1. The van der Waals surface area contributed by atoms with Crippen LogP contribution in [0.1, 0.15) is 45.8 Å². The van der Waals surface area contributed by atoms with Gasteiger partial charge < -0.3 is 14.6 Å². The fourth-order valence-corrected chi connectivity index (χ4v) is 6.99. The van der Waals surface area contributed by atoms with Crippen molar-refractivity contribution in [3.63, 3.8) is 0 Å². The second kappa shape index (κ2) is 9.57. The summed E-state index contributed by atoms with van der Waals surface area (Å²) in [5.41, 5.74) is 5.54. The van der Waals surface area contributed by atoms with E-state index >= 15 is 0 Å². The van der Waals surface area contributed by atoms with Crippen molar-refractivity contribution < 1.29 is 9.53 Å². The van der Waals surface area contributed by atoms with Crippen molar-refractivity contribution in [3.8, 4) is 16.8 Å². The Morgan fingerprint density at radius 3 is 2.83 bits per heavy atom. The monoisotopic (exact) mass is 522 g/mol. The summed E-state index contributed by atoms with van der Waals surface area (Å²) in [5.74, 6) is 0.369. The Morgan fingerprint density at radius 1 is 1.26 bits per heavy atom. The van der Waals surface area contributed by atoms with Gasteiger partial charge in [0.25, 0.3) is 5.91 Å². The first-order chi connectivity index (χ1) is 16.9. The van der Waals surface area contributed by atoms with Gasteiger partial charge >= 0.3 is 0 Å². The Bertz CT molecular complexity index is 1460. The predicted octanol–water partition coefficient (Wildman–Crippen LogP) is 6.46. The molecule has 1 amide bonds. The molecule has 5 rings (SSSR count). The van der Waals surface area contributed by atoms with Gasteiger partial charge in [0.15, 0.2) is 5.17 Å². The Labute approximate surface area is 217 Å². The molecular weight excluding hydrogens is 500 g/mol. The quantitative estimate of drug-likeness (QED) is 0.399. The summed E-state index contributed by atoms with van der Waals surface area (Å²) in [7, 11) is 1.57. The Morgan fingerprint density at radius 2 is 2.06 bits per heavy atom. The van der Waals surface area contributed by atoms with Gasteiger partial charge in [-0.3, -0.25) is 4.79 Å². The first kappa shape index (κ1) is 23.7. The fraction of sp³-hybridized carbons (Fsp3) is 0.269. The molecule has 0 unspecified atom stereocenters. The molecule has 35 heavy (non-hydrogen) atoms. The highest BCUT2D eigenvalue weighted by molar-refractivity contribution is 8.18. The molecule has 1 saturated heterocycles. The standard InChI is InChI=1S/C26H23ClN4O2S2/c1-14-10-16(15(2)31(14)25-19(13-28)18-6-4-5-7-22(18)34-25)11-23-24(32)30-26(35-23)29-20-12-17(27)8-9-21(20)33-3/h8-12H,4-7H2,1-3H3,(H,29,30,32)/b23-11-. The van der Waals surface area contributed by atoms with Crippen LogP contribution in [0.5, 0.6) is 5.75 Å². The highest BCUT2D eigenvalue weighted by Gasteiger charge is 2.27. The van der Waals surface area contributed by atoms with Crippen LogP contribution in [0.3, 0.4) is 0 Å². The fourth-order valence-electron chi connectivity index (χ4n) is 4.55. The lowest BCUT2D eigenvalue weighted by molar-refractivity contribution is -0.115. The minimum Gasteiger partial charge on any atom is -0.494 e. The summed E-state index contributed by atoms with van der Waals surface area (Å²) in [5, 5.41) is 14.7. The number of amides is 1. The summed E-state index contributed by atoms with van der Waals surface area (Å²) in [6.45, 7) is 4.07. The van der Waals surface area contributed by atoms with Gasteiger partial charge in [-0.25, -0.2) is 4.99 Å². The Balaban J connectivity index is 1.49. The van der Waals surface area contributed by atoms with Gasteiger partial charge in [0, 0.05) is 21.3 Å². The normalized spacial score (nSPS) is 17.5. The van der Waals surface area contributed by atoms with Gasteiger partial charge in [0.05, 0.1) is 17.6 Å². The molecule has 3 heterocycles. The Hall–Kier alpha value is -2.99. The summed E-state index contributed by atoms with van der Waals surface area (Å²) in [6.07, 6.45) is 6.21. The number of halogens is 1. The van der Waals surface area contributed by atoms with Gasteiger partial charge in [-0.1, -0.05) is 11.6 Å². The maximum Gasteiger partial charge on any atom is 0.264 e. The van der Waals surface area contributed by atoms with Crippen molar-refractivity contribution in [2.75, 3.05) is 7.11 Å². The number of thiophene rings is 1. The third-order valence-corrected chi connectivity index (χ3v) is 8.66. The lowest BCUT2D eigenvalue weighted by Gasteiger charge is -2.10. The van der Waals surface area contributed by atoms with Crippen LogP contribution in [0.4, 0.5) is 5.69 Å². The number of aromatic nitrogens is 1. The average Bonchev–Trinajstić information content (AvgIpc) is 3.46. The van der Waals surface area contributed by atoms with Gasteiger partial charge in [0.2, 0.25) is 0 Å². The number of nitrogens with zero attached hydrogens (tertiary/aromatic N) is 3. The number of methoxy groups -OCH3 is 1. The summed E-state index contributed by atoms with van der Waals surface area (Å²) in [6, 6.07) is 9.69. The third kappa shape index (κ3) is 4.40. The Kier molecular flexibility index (Phi) is 6.49. The summed E-state index contributed by atoms with van der Waals surface area (Å²) >= 11 is 9.11. The largest absolute Gasteiger partial charge is 0.494 e. The zero-order valence-electron chi connectivity index (χ0n) is 19.6. The number of carbonyl (C=O) groups excluding carboxylic acids is 1. The molecule has 1 aromatic carbocycles. The van der Waals surface area contributed by atoms with Gasteiger partial charge in [0.1, 0.15) is 22.5 Å². The SMILES string of the molecule is COc1ccc(Cl)cc1N=C1NC(=O)/C(=C/c2cc(C)n(-c3sc4c(c3C#N)CCCC4)c2C)S1. The molecule has 6 nitrogen and oxygen atoms in total. The van der Waals surface area contributed by atoms with Crippen molar-refractivity contribution in [3.05, 3.63) is 67.1 Å². The molecule has 0 bridgehead atoms. The second-order valence-electron chi connectivity index (χ2n) is 8.46. The van der Waals surface area contributed by atoms with E-state index in [1.54, 1.807) is 36.6 Å². The zero-order chi connectivity index (χ0) is 24.7. The molecule has 0 saturated carbocycles. The number of amidine groups is 1. The first-order valence-corrected chi connectivity index (χ1v) is 13.3. The van der Waals surface area contributed by atoms with Crippen LogP contribution in [0.15, 0.2) is 34.2 Å². The number of aryl methyl sites for hydroxylation is 2. The topological polar surface area (TPSA) is 79.4 Å².